The molecule has 0 saturated carbocycles. The summed E-state index contributed by atoms with van der Waals surface area (Å²) in [7, 11) is 0. The summed E-state index contributed by atoms with van der Waals surface area (Å²) in [4.78, 5) is 4.14. The average Bonchev–Trinajstić information content (AvgIpc) is 2.28. The summed E-state index contributed by atoms with van der Waals surface area (Å²) in [6.45, 7) is 3.91. The van der Waals surface area contributed by atoms with E-state index in [9.17, 15) is 0 Å². The van der Waals surface area contributed by atoms with Gasteiger partial charge in [-0.25, -0.2) is 4.98 Å². The number of benzene rings is 1. The van der Waals surface area contributed by atoms with Gasteiger partial charge in [-0.05, 0) is 49.2 Å². The van der Waals surface area contributed by atoms with Gasteiger partial charge in [0.25, 0.3) is 0 Å². The standard InChI is InChI=1S/C13H13BrN2O/c1-8-5-6-16-13(12(8)15)17-11-4-3-10(14)7-9(11)2/h3-7H,15H2,1-2H3. The van der Waals surface area contributed by atoms with Crippen LogP contribution in [-0.4, -0.2) is 4.98 Å². The van der Waals surface area contributed by atoms with Crippen molar-refractivity contribution < 1.29 is 4.74 Å². The molecule has 0 aliphatic rings. The van der Waals surface area contributed by atoms with Crippen molar-refractivity contribution in [2.45, 2.75) is 13.8 Å². The first-order valence-corrected chi connectivity index (χ1v) is 6.02. The Labute approximate surface area is 109 Å². The Hall–Kier alpha value is -1.55. The minimum atomic E-state index is 0.454. The molecule has 2 aromatic rings. The normalized spacial score (nSPS) is 10.3. The third kappa shape index (κ3) is 2.58. The number of anilines is 1. The number of nitrogens with two attached hydrogens (primary N) is 1. The number of halogens is 1. The lowest BCUT2D eigenvalue weighted by molar-refractivity contribution is 0.461. The van der Waals surface area contributed by atoms with Crippen LogP contribution < -0.4 is 10.5 Å². The van der Waals surface area contributed by atoms with Gasteiger partial charge in [-0.1, -0.05) is 15.9 Å². The zero-order chi connectivity index (χ0) is 12.4. The summed E-state index contributed by atoms with van der Waals surface area (Å²) < 4.78 is 6.74. The third-order valence-corrected chi connectivity index (χ3v) is 3.01. The van der Waals surface area contributed by atoms with Crippen LogP contribution in [0.1, 0.15) is 11.1 Å². The smallest absolute Gasteiger partial charge is 0.242 e. The van der Waals surface area contributed by atoms with Crippen molar-refractivity contribution in [3.8, 4) is 11.6 Å². The molecular formula is C13H13BrN2O. The molecule has 0 radical (unpaired) electrons. The highest BCUT2D eigenvalue weighted by Gasteiger charge is 2.07. The van der Waals surface area contributed by atoms with E-state index in [-0.39, 0.29) is 0 Å². The highest BCUT2D eigenvalue weighted by Crippen LogP contribution is 2.30. The lowest BCUT2D eigenvalue weighted by atomic mass is 10.2. The van der Waals surface area contributed by atoms with Crippen LogP contribution >= 0.6 is 15.9 Å². The molecule has 0 aliphatic heterocycles. The molecule has 0 amide bonds. The van der Waals surface area contributed by atoms with Gasteiger partial charge >= 0.3 is 0 Å². The van der Waals surface area contributed by atoms with Gasteiger partial charge in [0.15, 0.2) is 0 Å². The van der Waals surface area contributed by atoms with Crippen molar-refractivity contribution in [3.05, 3.63) is 46.1 Å². The molecule has 2 rings (SSSR count). The fourth-order valence-corrected chi connectivity index (χ4v) is 1.93. The van der Waals surface area contributed by atoms with Gasteiger partial charge in [0, 0.05) is 10.7 Å². The van der Waals surface area contributed by atoms with Crippen LogP contribution in [0, 0.1) is 13.8 Å². The fourth-order valence-electron chi connectivity index (χ4n) is 1.46. The Morgan fingerprint density at radius 3 is 2.65 bits per heavy atom. The van der Waals surface area contributed by atoms with Gasteiger partial charge in [0.05, 0.1) is 5.69 Å². The van der Waals surface area contributed by atoms with Crippen molar-refractivity contribution in [1.29, 1.82) is 0 Å². The molecule has 17 heavy (non-hydrogen) atoms. The second kappa shape index (κ2) is 4.75. The molecular weight excluding hydrogens is 280 g/mol. The molecule has 1 heterocycles. The van der Waals surface area contributed by atoms with Crippen molar-refractivity contribution in [2.75, 3.05) is 5.73 Å². The molecule has 3 nitrogen and oxygen atoms in total. The maximum Gasteiger partial charge on any atom is 0.242 e. The van der Waals surface area contributed by atoms with Gasteiger partial charge in [-0.15, -0.1) is 0 Å². The van der Waals surface area contributed by atoms with E-state index in [0.717, 1.165) is 21.3 Å². The molecule has 0 bridgehead atoms. The number of rotatable bonds is 2. The summed E-state index contributed by atoms with van der Waals surface area (Å²) >= 11 is 3.41. The molecule has 1 aromatic carbocycles. The van der Waals surface area contributed by atoms with E-state index in [1.807, 2.05) is 38.1 Å². The Kier molecular flexibility index (Phi) is 3.33. The van der Waals surface area contributed by atoms with E-state index in [4.69, 9.17) is 10.5 Å². The van der Waals surface area contributed by atoms with E-state index in [1.165, 1.54) is 0 Å². The summed E-state index contributed by atoms with van der Waals surface area (Å²) in [5, 5.41) is 0. The number of nitrogen functional groups attached to an aromatic ring is 1. The first kappa shape index (κ1) is 11.9. The van der Waals surface area contributed by atoms with Gasteiger partial charge in [0.2, 0.25) is 5.88 Å². The van der Waals surface area contributed by atoms with Gasteiger partial charge in [-0.2, -0.15) is 0 Å². The number of aryl methyl sites for hydroxylation is 2. The quantitative estimate of drug-likeness (QED) is 0.915. The Bertz CT molecular complexity index is 555. The molecule has 0 spiro atoms. The number of aromatic nitrogens is 1. The van der Waals surface area contributed by atoms with Crippen LogP contribution in [0.2, 0.25) is 0 Å². The van der Waals surface area contributed by atoms with Gasteiger partial charge < -0.3 is 10.5 Å². The predicted molar refractivity (Wildman–Crippen MR) is 72.3 cm³/mol. The minimum Gasteiger partial charge on any atom is -0.437 e. The van der Waals surface area contributed by atoms with Crippen LogP contribution in [0.3, 0.4) is 0 Å². The topological polar surface area (TPSA) is 48.1 Å². The lowest BCUT2D eigenvalue weighted by Crippen LogP contribution is -1.98. The Morgan fingerprint density at radius 2 is 1.94 bits per heavy atom. The van der Waals surface area contributed by atoms with Crippen LogP contribution in [-0.2, 0) is 0 Å². The highest BCUT2D eigenvalue weighted by atomic mass is 79.9. The molecule has 88 valence electrons. The zero-order valence-electron chi connectivity index (χ0n) is 9.70. The fraction of sp³-hybridized carbons (Fsp3) is 0.154. The van der Waals surface area contributed by atoms with Crippen molar-refractivity contribution in [3.63, 3.8) is 0 Å². The maximum atomic E-state index is 5.91. The Morgan fingerprint density at radius 1 is 1.18 bits per heavy atom. The summed E-state index contributed by atoms with van der Waals surface area (Å²) in [6, 6.07) is 7.66. The van der Waals surface area contributed by atoms with Crippen LogP contribution in [0.25, 0.3) is 0 Å². The summed E-state index contributed by atoms with van der Waals surface area (Å²) in [5.74, 6) is 1.22. The summed E-state index contributed by atoms with van der Waals surface area (Å²) in [5.41, 5.74) is 8.48. The molecule has 0 unspecified atom stereocenters. The SMILES string of the molecule is Cc1cc(Br)ccc1Oc1nccc(C)c1N. The highest BCUT2D eigenvalue weighted by molar-refractivity contribution is 9.10. The molecule has 4 heteroatoms. The van der Waals surface area contributed by atoms with Crippen LogP contribution in [0.4, 0.5) is 5.69 Å². The molecule has 0 fully saturated rings. The summed E-state index contributed by atoms with van der Waals surface area (Å²) in [6.07, 6.45) is 1.69. The zero-order valence-corrected chi connectivity index (χ0v) is 11.3. The molecule has 1 aromatic heterocycles. The van der Waals surface area contributed by atoms with E-state index < -0.39 is 0 Å². The first-order chi connectivity index (χ1) is 8.08. The maximum absolute atomic E-state index is 5.91. The number of nitrogens with zero attached hydrogens (tertiary/aromatic N) is 1. The van der Waals surface area contributed by atoms with Gasteiger partial charge in [-0.3, -0.25) is 0 Å². The number of hydrogen-bond acceptors (Lipinski definition) is 3. The second-order valence-electron chi connectivity index (χ2n) is 3.86. The van der Waals surface area contributed by atoms with Crippen LogP contribution in [0.5, 0.6) is 11.6 Å². The van der Waals surface area contributed by atoms with Crippen molar-refractivity contribution in [2.24, 2.45) is 0 Å². The number of hydrogen-bond donors (Lipinski definition) is 1. The van der Waals surface area contributed by atoms with E-state index in [0.29, 0.717) is 11.6 Å². The largest absolute Gasteiger partial charge is 0.437 e. The van der Waals surface area contributed by atoms with E-state index >= 15 is 0 Å². The van der Waals surface area contributed by atoms with Crippen LogP contribution in [0.15, 0.2) is 34.9 Å². The second-order valence-corrected chi connectivity index (χ2v) is 4.77. The molecule has 0 atom stereocenters. The molecule has 2 N–H and O–H groups in total. The van der Waals surface area contributed by atoms with E-state index in [2.05, 4.69) is 20.9 Å². The number of ether oxygens (including phenoxy) is 1. The Balaban J connectivity index is 2.35. The first-order valence-electron chi connectivity index (χ1n) is 5.23. The van der Waals surface area contributed by atoms with Gasteiger partial charge in [0.1, 0.15) is 5.75 Å². The predicted octanol–water partition coefficient (Wildman–Crippen LogP) is 3.84. The average molecular weight is 293 g/mol. The molecule has 0 saturated heterocycles. The third-order valence-electron chi connectivity index (χ3n) is 2.52. The molecule has 0 aliphatic carbocycles. The van der Waals surface area contributed by atoms with Crippen molar-refractivity contribution >= 4 is 21.6 Å². The minimum absolute atomic E-state index is 0.454. The van der Waals surface area contributed by atoms with E-state index in [1.54, 1.807) is 6.20 Å². The van der Waals surface area contributed by atoms with Crippen molar-refractivity contribution in [1.82, 2.24) is 4.98 Å². The lowest BCUT2D eigenvalue weighted by Gasteiger charge is -2.10. The monoisotopic (exact) mass is 292 g/mol. The number of pyridine rings is 1.